The van der Waals surface area contributed by atoms with Gasteiger partial charge in [-0.15, -0.1) is 0 Å². The number of aliphatic carboxylic acids is 1. The number of aryl methyl sites for hydroxylation is 1. The standard InChI is InChI=1S/C11H11N3O4/c1-6-2-3-8(18-6)10-13-4-7(12)11(17)14(10)5-9(15)16/h2-4H,5,12H2,1H3,(H,15,16). The molecule has 0 aliphatic heterocycles. The van der Waals surface area contributed by atoms with Gasteiger partial charge < -0.3 is 15.3 Å². The number of nitrogens with zero attached hydrogens (tertiary/aromatic N) is 2. The molecule has 2 rings (SSSR count). The van der Waals surface area contributed by atoms with Crippen molar-refractivity contribution < 1.29 is 14.3 Å². The molecule has 3 N–H and O–H groups in total. The topological polar surface area (TPSA) is 111 Å². The molecular formula is C11H11N3O4. The molecule has 0 fully saturated rings. The van der Waals surface area contributed by atoms with Crippen molar-refractivity contribution in [1.29, 1.82) is 0 Å². The lowest BCUT2D eigenvalue weighted by Crippen LogP contribution is -2.28. The van der Waals surface area contributed by atoms with Crippen LogP contribution in [0, 0.1) is 6.92 Å². The van der Waals surface area contributed by atoms with E-state index in [1.54, 1.807) is 19.1 Å². The van der Waals surface area contributed by atoms with Crippen LogP contribution in [0.15, 0.2) is 27.5 Å². The Bertz CT molecular complexity index is 657. The maximum atomic E-state index is 11.8. The molecule has 0 atom stereocenters. The first-order chi connectivity index (χ1) is 8.49. The van der Waals surface area contributed by atoms with E-state index in [9.17, 15) is 9.59 Å². The highest BCUT2D eigenvalue weighted by Crippen LogP contribution is 2.19. The van der Waals surface area contributed by atoms with Crippen LogP contribution in [0.3, 0.4) is 0 Å². The molecule has 2 aromatic rings. The smallest absolute Gasteiger partial charge is 0.323 e. The van der Waals surface area contributed by atoms with Gasteiger partial charge in [0.1, 0.15) is 18.0 Å². The molecular weight excluding hydrogens is 238 g/mol. The van der Waals surface area contributed by atoms with Crippen LogP contribution >= 0.6 is 0 Å². The predicted octanol–water partition coefficient (Wildman–Crippen LogP) is 0.479. The van der Waals surface area contributed by atoms with E-state index in [0.717, 1.165) is 4.57 Å². The Balaban J connectivity index is 2.63. The molecule has 7 nitrogen and oxygen atoms in total. The minimum atomic E-state index is -1.16. The summed E-state index contributed by atoms with van der Waals surface area (Å²) in [6.45, 7) is 1.21. The van der Waals surface area contributed by atoms with Gasteiger partial charge in [-0.05, 0) is 19.1 Å². The lowest BCUT2D eigenvalue weighted by atomic mass is 10.3. The molecule has 0 aliphatic carbocycles. The SMILES string of the molecule is Cc1ccc(-c2ncc(N)c(=O)n2CC(=O)O)o1. The zero-order valence-electron chi connectivity index (χ0n) is 9.58. The third-order valence-electron chi connectivity index (χ3n) is 2.33. The Kier molecular flexibility index (Phi) is 2.88. The van der Waals surface area contributed by atoms with E-state index in [1.165, 1.54) is 6.20 Å². The van der Waals surface area contributed by atoms with Gasteiger partial charge in [0.25, 0.3) is 5.56 Å². The molecule has 7 heteroatoms. The highest BCUT2D eigenvalue weighted by Gasteiger charge is 2.15. The second-order valence-electron chi connectivity index (χ2n) is 3.73. The molecule has 0 saturated carbocycles. The normalized spacial score (nSPS) is 10.5. The van der Waals surface area contributed by atoms with Gasteiger partial charge in [0.15, 0.2) is 11.6 Å². The van der Waals surface area contributed by atoms with Crippen molar-refractivity contribution in [3.05, 3.63) is 34.4 Å². The lowest BCUT2D eigenvalue weighted by Gasteiger charge is -2.08. The fourth-order valence-electron chi connectivity index (χ4n) is 1.54. The minimum absolute atomic E-state index is 0.108. The van der Waals surface area contributed by atoms with Gasteiger partial charge in [0.2, 0.25) is 0 Å². The zero-order valence-corrected chi connectivity index (χ0v) is 9.58. The average molecular weight is 249 g/mol. The van der Waals surface area contributed by atoms with Crippen molar-refractivity contribution in [3.8, 4) is 11.6 Å². The molecule has 0 amide bonds. The summed E-state index contributed by atoms with van der Waals surface area (Å²) >= 11 is 0. The summed E-state index contributed by atoms with van der Waals surface area (Å²) in [5, 5.41) is 8.80. The summed E-state index contributed by atoms with van der Waals surface area (Å²) in [6, 6.07) is 3.31. The predicted molar refractivity (Wildman–Crippen MR) is 63.0 cm³/mol. The number of rotatable bonds is 3. The van der Waals surface area contributed by atoms with E-state index < -0.39 is 18.1 Å². The Labute approximate surface area is 101 Å². The number of anilines is 1. The lowest BCUT2D eigenvalue weighted by molar-refractivity contribution is -0.137. The van der Waals surface area contributed by atoms with E-state index in [2.05, 4.69) is 4.98 Å². The van der Waals surface area contributed by atoms with Gasteiger partial charge in [-0.3, -0.25) is 14.2 Å². The first-order valence-corrected chi connectivity index (χ1v) is 5.13. The quantitative estimate of drug-likeness (QED) is 0.818. The average Bonchev–Trinajstić information content (AvgIpc) is 2.71. The fourth-order valence-corrected chi connectivity index (χ4v) is 1.54. The van der Waals surface area contributed by atoms with Crippen LogP contribution in [0.25, 0.3) is 11.6 Å². The number of nitrogens with two attached hydrogens (primary N) is 1. The molecule has 18 heavy (non-hydrogen) atoms. The Morgan fingerprint density at radius 2 is 2.28 bits per heavy atom. The first-order valence-electron chi connectivity index (χ1n) is 5.13. The number of hydrogen-bond donors (Lipinski definition) is 2. The van der Waals surface area contributed by atoms with Crippen LogP contribution < -0.4 is 11.3 Å². The minimum Gasteiger partial charge on any atom is -0.480 e. The second kappa shape index (κ2) is 4.36. The maximum Gasteiger partial charge on any atom is 0.323 e. The Morgan fingerprint density at radius 3 is 2.83 bits per heavy atom. The van der Waals surface area contributed by atoms with Crippen LogP contribution in [0.1, 0.15) is 5.76 Å². The molecule has 94 valence electrons. The van der Waals surface area contributed by atoms with Gasteiger partial charge >= 0.3 is 5.97 Å². The van der Waals surface area contributed by atoms with Crippen LogP contribution in [-0.2, 0) is 11.3 Å². The van der Waals surface area contributed by atoms with E-state index in [1.807, 2.05) is 0 Å². The fraction of sp³-hybridized carbons (Fsp3) is 0.182. The summed E-state index contributed by atoms with van der Waals surface area (Å²) in [6.07, 6.45) is 1.19. The highest BCUT2D eigenvalue weighted by molar-refractivity contribution is 5.67. The molecule has 0 unspecified atom stereocenters. The number of nitrogen functional groups attached to an aromatic ring is 1. The summed E-state index contributed by atoms with van der Waals surface area (Å²) < 4.78 is 6.30. The molecule has 2 aromatic heterocycles. The van der Waals surface area contributed by atoms with Crippen LogP contribution in [0.2, 0.25) is 0 Å². The third kappa shape index (κ3) is 2.10. The van der Waals surface area contributed by atoms with Crippen molar-refractivity contribution in [2.24, 2.45) is 0 Å². The Hall–Kier alpha value is -2.57. The van der Waals surface area contributed by atoms with Crippen LogP contribution in [0.4, 0.5) is 5.69 Å². The van der Waals surface area contributed by atoms with Gasteiger partial charge in [0.05, 0.1) is 6.20 Å². The summed E-state index contributed by atoms with van der Waals surface area (Å²) in [5.41, 5.74) is 4.72. The zero-order chi connectivity index (χ0) is 13.3. The number of carboxylic acid groups (broad SMARTS) is 1. The van der Waals surface area contributed by atoms with Gasteiger partial charge in [-0.25, -0.2) is 4.98 Å². The number of carbonyl (C=O) groups is 1. The summed E-state index contributed by atoms with van der Waals surface area (Å²) in [7, 11) is 0. The summed E-state index contributed by atoms with van der Waals surface area (Å²) in [5.74, 6) is -0.0532. The van der Waals surface area contributed by atoms with Crippen LogP contribution in [-0.4, -0.2) is 20.6 Å². The number of aromatic nitrogens is 2. The highest BCUT2D eigenvalue weighted by atomic mass is 16.4. The molecule has 0 radical (unpaired) electrons. The van der Waals surface area contributed by atoms with Crippen molar-refractivity contribution in [3.63, 3.8) is 0 Å². The molecule has 0 spiro atoms. The summed E-state index contributed by atoms with van der Waals surface area (Å²) in [4.78, 5) is 26.5. The van der Waals surface area contributed by atoms with Gasteiger partial charge in [-0.2, -0.15) is 0 Å². The maximum absolute atomic E-state index is 11.8. The van der Waals surface area contributed by atoms with Gasteiger partial charge in [0, 0.05) is 0 Å². The second-order valence-corrected chi connectivity index (χ2v) is 3.73. The van der Waals surface area contributed by atoms with E-state index in [-0.39, 0.29) is 11.5 Å². The van der Waals surface area contributed by atoms with Crippen molar-refractivity contribution in [2.75, 3.05) is 5.73 Å². The van der Waals surface area contributed by atoms with E-state index >= 15 is 0 Å². The Morgan fingerprint density at radius 1 is 1.56 bits per heavy atom. The number of hydrogen-bond acceptors (Lipinski definition) is 5. The molecule has 0 aliphatic rings. The van der Waals surface area contributed by atoms with Crippen molar-refractivity contribution in [2.45, 2.75) is 13.5 Å². The number of furan rings is 1. The first kappa shape index (κ1) is 11.9. The third-order valence-corrected chi connectivity index (χ3v) is 2.33. The van der Waals surface area contributed by atoms with E-state index in [0.29, 0.717) is 11.5 Å². The van der Waals surface area contributed by atoms with Crippen molar-refractivity contribution in [1.82, 2.24) is 9.55 Å². The number of carboxylic acids is 1. The molecule has 0 bridgehead atoms. The van der Waals surface area contributed by atoms with E-state index in [4.69, 9.17) is 15.3 Å². The molecule has 0 aromatic carbocycles. The molecule has 2 heterocycles. The monoisotopic (exact) mass is 249 g/mol. The van der Waals surface area contributed by atoms with Crippen LogP contribution in [0.5, 0.6) is 0 Å². The largest absolute Gasteiger partial charge is 0.480 e. The van der Waals surface area contributed by atoms with Crippen molar-refractivity contribution >= 4 is 11.7 Å². The molecule has 0 saturated heterocycles. The van der Waals surface area contributed by atoms with Gasteiger partial charge in [-0.1, -0.05) is 0 Å².